The Hall–Kier alpha value is -2.28. The molecule has 3 N–H and O–H groups in total. The molecule has 4 rings (SSSR count). The number of carbonyl (C=O) groups is 1. The van der Waals surface area contributed by atoms with Gasteiger partial charge < -0.3 is 24.6 Å². The molecule has 1 amide bonds. The summed E-state index contributed by atoms with van der Waals surface area (Å²) in [6, 6.07) is 13.8. The predicted octanol–water partition coefficient (Wildman–Crippen LogP) is -0.331. The van der Waals surface area contributed by atoms with Crippen molar-refractivity contribution in [1.82, 2.24) is 5.32 Å². The third kappa shape index (κ3) is 4.95. The van der Waals surface area contributed by atoms with Crippen molar-refractivity contribution in [3.63, 3.8) is 0 Å². The minimum atomic E-state index is 0.0889. The number of hydrogen-bond acceptors (Lipinski definition) is 3. The van der Waals surface area contributed by atoms with Gasteiger partial charge in [0.15, 0.2) is 18.0 Å². The molecule has 28 heavy (non-hydrogen) atoms. The monoisotopic (exact) mass is 403 g/mol. The first-order valence-electron chi connectivity index (χ1n) is 9.72. The number of amides is 1. The van der Waals surface area contributed by atoms with Gasteiger partial charge in [0.1, 0.15) is 32.7 Å². The summed E-state index contributed by atoms with van der Waals surface area (Å²) < 4.78 is 10.7. The molecule has 0 spiro atoms. The Morgan fingerprint density at radius 3 is 2.57 bits per heavy atom. The molecule has 148 valence electrons. The number of nitrogens with one attached hydrogen (secondary N) is 3. The average molecular weight is 404 g/mol. The van der Waals surface area contributed by atoms with Crippen LogP contribution in [0, 0.1) is 0 Å². The van der Waals surface area contributed by atoms with Crippen molar-refractivity contribution in [3.8, 4) is 11.5 Å². The summed E-state index contributed by atoms with van der Waals surface area (Å²) in [5, 5.41) is 3.81. The zero-order valence-corrected chi connectivity index (χ0v) is 16.6. The zero-order chi connectivity index (χ0) is 19.3. The second kappa shape index (κ2) is 8.82. The molecule has 1 saturated heterocycles. The van der Waals surface area contributed by atoms with E-state index in [0.717, 1.165) is 54.8 Å². The number of halogens is 1. The van der Waals surface area contributed by atoms with Crippen LogP contribution in [0.1, 0.15) is 11.1 Å². The third-order valence-electron chi connectivity index (χ3n) is 5.34. The molecule has 1 fully saturated rings. The van der Waals surface area contributed by atoms with Crippen LogP contribution in [0.4, 0.5) is 0 Å². The lowest BCUT2D eigenvalue weighted by molar-refractivity contribution is -1.02. The van der Waals surface area contributed by atoms with Crippen LogP contribution in [-0.4, -0.2) is 45.4 Å². The van der Waals surface area contributed by atoms with Crippen LogP contribution in [0.2, 0.25) is 5.02 Å². The zero-order valence-electron chi connectivity index (χ0n) is 15.8. The van der Waals surface area contributed by atoms with E-state index in [4.69, 9.17) is 21.1 Å². The molecular weight excluding hydrogens is 378 g/mol. The summed E-state index contributed by atoms with van der Waals surface area (Å²) in [4.78, 5) is 15.2. The maximum atomic E-state index is 12.3. The molecule has 2 aliphatic heterocycles. The van der Waals surface area contributed by atoms with Crippen molar-refractivity contribution in [1.29, 1.82) is 0 Å². The Morgan fingerprint density at radius 1 is 0.964 bits per heavy atom. The summed E-state index contributed by atoms with van der Waals surface area (Å²) in [6.45, 7) is 6.43. The Labute approximate surface area is 170 Å². The normalized spacial score (nSPS) is 20.8. The SMILES string of the molecule is O=C(C[NH+]1CC[NH+](Cc2cccc(Cl)c2)CC1)NCc1ccc2c(c1)OCO2. The minimum Gasteiger partial charge on any atom is -0.454 e. The smallest absolute Gasteiger partial charge is 0.275 e. The van der Waals surface area contributed by atoms with Crippen LogP contribution in [-0.2, 0) is 17.9 Å². The topological polar surface area (TPSA) is 56.4 Å². The van der Waals surface area contributed by atoms with Crippen LogP contribution in [0.3, 0.4) is 0 Å². The molecule has 6 nitrogen and oxygen atoms in total. The minimum absolute atomic E-state index is 0.0889. The lowest BCUT2D eigenvalue weighted by Gasteiger charge is -2.29. The average Bonchev–Trinajstić information content (AvgIpc) is 3.16. The summed E-state index contributed by atoms with van der Waals surface area (Å²) in [5.74, 6) is 1.60. The third-order valence-corrected chi connectivity index (χ3v) is 5.58. The molecule has 0 bridgehead atoms. The largest absolute Gasteiger partial charge is 0.454 e. The number of carbonyl (C=O) groups excluding carboxylic acids is 1. The van der Waals surface area contributed by atoms with Gasteiger partial charge in [0.05, 0.1) is 0 Å². The Morgan fingerprint density at radius 2 is 1.75 bits per heavy atom. The standard InChI is InChI=1S/C21H24ClN3O3/c22-18-3-1-2-17(10-18)13-24-6-8-25(9-7-24)14-21(26)23-12-16-4-5-19-20(11-16)28-15-27-19/h1-5,10-11H,6-9,12-15H2,(H,23,26)/p+2. The number of benzene rings is 2. The predicted molar refractivity (Wildman–Crippen MR) is 106 cm³/mol. The first-order valence-corrected chi connectivity index (χ1v) is 10.1. The molecule has 0 aliphatic carbocycles. The number of piperazine rings is 1. The van der Waals surface area contributed by atoms with Crippen molar-refractivity contribution in [2.24, 2.45) is 0 Å². The maximum Gasteiger partial charge on any atom is 0.275 e. The van der Waals surface area contributed by atoms with E-state index in [-0.39, 0.29) is 12.7 Å². The fourth-order valence-electron chi connectivity index (χ4n) is 3.79. The number of ether oxygens (including phenoxy) is 2. The van der Waals surface area contributed by atoms with Crippen molar-refractivity contribution in [2.75, 3.05) is 39.5 Å². The van der Waals surface area contributed by atoms with Gasteiger partial charge in [-0.05, 0) is 29.8 Å². The van der Waals surface area contributed by atoms with E-state index in [0.29, 0.717) is 13.1 Å². The molecule has 0 aromatic heterocycles. The van der Waals surface area contributed by atoms with Crippen LogP contribution in [0.25, 0.3) is 0 Å². The van der Waals surface area contributed by atoms with Crippen LogP contribution < -0.4 is 24.6 Å². The van der Waals surface area contributed by atoms with Gasteiger partial charge in [-0.15, -0.1) is 0 Å². The number of rotatable bonds is 6. The summed E-state index contributed by atoms with van der Waals surface area (Å²) in [7, 11) is 0. The van der Waals surface area contributed by atoms with Gasteiger partial charge in [-0.2, -0.15) is 0 Å². The lowest BCUT2D eigenvalue weighted by atomic mass is 10.2. The van der Waals surface area contributed by atoms with Gasteiger partial charge in [0.2, 0.25) is 6.79 Å². The first-order chi connectivity index (χ1) is 13.7. The van der Waals surface area contributed by atoms with Crippen molar-refractivity contribution in [3.05, 3.63) is 58.6 Å². The Kier molecular flexibility index (Phi) is 6.00. The molecule has 2 aromatic carbocycles. The van der Waals surface area contributed by atoms with E-state index in [9.17, 15) is 4.79 Å². The number of quaternary nitrogens is 2. The molecule has 2 heterocycles. The Bertz CT molecular complexity index is 837. The lowest BCUT2D eigenvalue weighted by Crippen LogP contribution is -3.28. The van der Waals surface area contributed by atoms with Gasteiger partial charge in [-0.3, -0.25) is 4.79 Å². The molecule has 0 unspecified atom stereocenters. The van der Waals surface area contributed by atoms with Gasteiger partial charge in [0, 0.05) is 17.1 Å². The van der Waals surface area contributed by atoms with Gasteiger partial charge in [-0.1, -0.05) is 29.8 Å². The van der Waals surface area contributed by atoms with E-state index in [2.05, 4.69) is 11.4 Å². The summed E-state index contributed by atoms with van der Waals surface area (Å²) >= 11 is 6.07. The summed E-state index contributed by atoms with van der Waals surface area (Å²) in [5.41, 5.74) is 2.29. The van der Waals surface area contributed by atoms with Crippen molar-refractivity contribution in [2.45, 2.75) is 13.1 Å². The highest BCUT2D eigenvalue weighted by Gasteiger charge is 2.25. The second-order valence-electron chi connectivity index (χ2n) is 7.45. The second-order valence-corrected chi connectivity index (χ2v) is 7.88. The molecular formula is C21H26ClN3O3+2. The molecule has 0 atom stereocenters. The molecule has 2 aliphatic rings. The fourth-order valence-corrected chi connectivity index (χ4v) is 4.00. The molecule has 7 heteroatoms. The van der Waals surface area contributed by atoms with Crippen LogP contribution >= 0.6 is 11.6 Å². The highest BCUT2D eigenvalue weighted by molar-refractivity contribution is 6.30. The number of hydrogen-bond donors (Lipinski definition) is 3. The van der Waals surface area contributed by atoms with E-state index in [1.54, 1.807) is 4.90 Å². The first kappa shape index (κ1) is 19.1. The van der Waals surface area contributed by atoms with Gasteiger partial charge >= 0.3 is 0 Å². The quantitative estimate of drug-likeness (QED) is 0.619. The van der Waals surface area contributed by atoms with E-state index in [1.165, 1.54) is 10.5 Å². The maximum absolute atomic E-state index is 12.3. The van der Waals surface area contributed by atoms with E-state index in [1.807, 2.05) is 36.4 Å². The van der Waals surface area contributed by atoms with Crippen LogP contribution in [0.5, 0.6) is 11.5 Å². The van der Waals surface area contributed by atoms with Crippen molar-refractivity contribution < 1.29 is 24.1 Å². The number of fused-ring (bicyclic) bond motifs is 1. The van der Waals surface area contributed by atoms with E-state index < -0.39 is 0 Å². The van der Waals surface area contributed by atoms with Crippen molar-refractivity contribution >= 4 is 17.5 Å². The van der Waals surface area contributed by atoms with Gasteiger partial charge in [0.25, 0.3) is 5.91 Å². The molecule has 0 saturated carbocycles. The highest BCUT2D eigenvalue weighted by atomic mass is 35.5. The summed E-state index contributed by atoms with van der Waals surface area (Å²) in [6.07, 6.45) is 0. The molecule has 2 aromatic rings. The molecule has 0 radical (unpaired) electrons. The highest BCUT2D eigenvalue weighted by Crippen LogP contribution is 2.32. The van der Waals surface area contributed by atoms with E-state index >= 15 is 0 Å². The fraction of sp³-hybridized carbons (Fsp3) is 0.381. The Balaban J connectivity index is 1.19. The van der Waals surface area contributed by atoms with Gasteiger partial charge in [-0.25, -0.2) is 0 Å². The van der Waals surface area contributed by atoms with Crippen LogP contribution in [0.15, 0.2) is 42.5 Å².